The number of nitrogens with zero attached hydrogens (tertiary/aromatic N) is 3. The van der Waals surface area contributed by atoms with Crippen LogP contribution in [-0.2, 0) is 18.5 Å². The largest absolute Gasteiger partial charge is 0.361 e. The van der Waals surface area contributed by atoms with Gasteiger partial charge in [0.25, 0.3) is 5.56 Å². The number of aromatic nitrogens is 4. The Balaban J connectivity index is 2.18. The Morgan fingerprint density at radius 3 is 2.70 bits per heavy atom. The second kappa shape index (κ2) is 5.37. The second-order valence-corrected chi connectivity index (χ2v) is 11.7. The fourth-order valence-corrected chi connectivity index (χ4v) is 2.53. The smallest absolute Gasteiger partial charge is 0.329 e. The predicted octanol–water partition coefficient (Wildman–Crippen LogP) is 0.736. The van der Waals surface area contributed by atoms with Crippen molar-refractivity contribution in [2.75, 3.05) is 6.61 Å². The van der Waals surface area contributed by atoms with E-state index in [4.69, 9.17) is 4.74 Å². The monoisotopic (exact) mass is 296 g/mol. The number of hydrogen-bond donors (Lipinski definition) is 1. The minimum absolute atomic E-state index is 0.266. The summed E-state index contributed by atoms with van der Waals surface area (Å²) in [6.07, 6.45) is 1.51. The van der Waals surface area contributed by atoms with E-state index in [1.165, 1.54) is 13.4 Å². The van der Waals surface area contributed by atoms with Crippen molar-refractivity contribution in [3.05, 3.63) is 27.2 Å². The van der Waals surface area contributed by atoms with Gasteiger partial charge in [-0.25, -0.2) is 9.78 Å². The third kappa shape index (κ3) is 3.07. The first-order valence-corrected chi connectivity index (χ1v) is 10.2. The van der Waals surface area contributed by atoms with Crippen LogP contribution in [0.5, 0.6) is 0 Å². The average Bonchev–Trinajstić information content (AvgIpc) is 2.74. The van der Waals surface area contributed by atoms with Crippen molar-refractivity contribution in [3.8, 4) is 0 Å². The molecule has 7 nitrogen and oxygen atoms in total. The van der Waals surface area contributed by atoms with Crippen molar-refractivity contribution in [2.45, 2.75) is 32.4 Å². The highest BCUT2D eigenvalue weighted by molar-refractivity contribution is 6.76. The van der Waals surface area contributed by atoms with Crippen LogP contribution in [0.3, 0.4) is 0 Å². The van der Waals surface area contributed by atoms with E-state index in [1.54, 1.807) is 4.57 Å². The van der Waals surface area contributed by atoms with Crippen LogP contribution in [-0.4, -0.2) is 33.8 Å². The van der Waals surface area contributed by atoms with Gasteiger partial charge < -0.3 is 9.30 Å². The van der Waals surface area contributed by atoms with E-state index < -0.39 is 13.8 Å². The number of aromatic amines is 1. The third-order valence-corrected chi connectivity index (χ3v) is 4.81. The molecule has 110 valence electrons. The van der Waals surface area contributed by atoms with Crippen molar-refractivity contribution in [2.24, 2.45) is 7.05 Å². The van der Waals surface area contributed by atoms with Crippen LogP contribution in [0.4, 0.5) is 0 Å². The lowest BCUT2D eigenvalue weighted by atomic mass is 10.5. The minimum Gasteiger partial charge on any atom is -0.361 e. The normalized spacial score (nSPS) is 12.2. The third-order valence-electron chi connectivity index (χ3n) is 3.10. The van der Waals surface area contributed by atoms with Gasteiger partial charge >= 0.3 is 5.69 Å². The summed E-state index contributed by atoms with van der Waals surface area (Å²) in [7, 11) is 0.311. The van der Waals surface area contributed by atoms with E-state index in [9.17, 15) is 9.59 Å². The summed E-state index contributed by atoms with van der Waals surface area (Å²) in [6.45, 7) is 7.78. The number of hydrogen-bond acceptors (Lipinski definition) is 4. The molecule has 0 unspecified atom stereocenters. The fraction of sp³-hybridized carbons (Fsp3) is 0.583. The second-order valence-electron chi connectivity index (χ2n) is 6.05. The molecule has 0 atom stereocenters. The zero-order chi connectivity index (χ0) is 14.9. The minimum atomic E-state index is -1.12. The van der Waals surface area contributed by atoms with Gasteiger partial charge in [-0.2, -0.15) is 0 Å². The summed E-state index contributed by atoms with van der Waals surface area (Å²) in [5.41, 5.74) is -0.172. The highest BCUT2D eigenvalue weighted by Gasteiger charge is 2.13. The van der Waals surface area contributed by atoms with Crippen LogP contribution in [0.15, 0.2) is 15.9 Å². The predicted molar refractivity (Wildman–Crippen MR) is 79.7 cm³/mol. The van der Waals surface area contributed by atoms with Gasteiger partial charge in [-0.05, 0) is 6.04 Å². The first-order valence-electron chi connectivity index (χ1n) is 6.51. The van der Waals surface area contributed by atoms with E-state index in [0.717, 1.165) is 10.6 Å². The molecule has 0 aromatic carbocycles. The summed E-state index contributed by atoms with van der Waals surface area (Å²) >= 11 is 0. The lowest BCUT2D eigenvalue weighted by Crippen LogP contribution is -2.33. The molecule has 0 saturated heterocycles. The molecule has 0 bridgehead atoms. The Morgan fingerprint density at radius 1 is 1.35 bits per heavy atom. The maximum Gasteiger partial charge on any atom is 0.329 e. The van der Waals surface area contributed by atoms with Crippen LogP contribution >= 0.6 is 0 Å². The molecule has 0 aliphatic rings. The lowest BCUT2D eigenvalue weighted by Gasteiger charge is -2.15. The SMILES string of the molecule is Cn1c(=O)[nH]c2ncn(COCC[Si](C)(C)C)c2c1=O. The number of ether oxygens (including phenoxy) is 1. The summed E-state index contributed by atoms with van der Waals surface area (Å²) in [6, 6.07) is 1.06. The summed E-state index contributed by atoms with van der Waals surface area (Å²) in [5, 5.41) is 0. The molecule has 0 aliphatic carbocycles. The molecule has 2 aromatic rings. The molecule has 2 heterocycles. The van der Waals surface area contributed by atoms with Gasteiger partial charge in [-0.15, -0.1) is 0 Å². The Hall–Kier alpha value is -1.67. The quantitative estimate of drug-likeness (QED) is 0.651. The summed E-state index contributed by atoms with van der Waals surface area (Å²) in [5.74, 6) is 0. The van der Waals surface area contributed by atoms with E-state index in [2.05, 4.69) is 29.6 Å². The van der Waals surface area contributed by atoms with Crippen molar-refractivity contribution < 1.29 is 4.74 Å². The van der Waals surface area contributed by atoms with Gasteiger partial charge in [-0.1, -0.05) is 19.6 Å². The van der Waals surface area contributed by atoms with E-state index >= 15 is 0 Å². The lowest BCUT2D eigenvalue weighted by molar-refractivity contribution is 0.0897. The van der Waals surface area contributed by atoms with Crippen molar-refractivity contribution >= 4 is 19.2 Å². The average molecular weight is 296 g/mol. The van der Waals surface area contributed by atoms with Gasteiger partial charge in [0.1, 0.15) is 6.73 Å². The van der Waals surface area contributed by atoms with Crippen molar-refractivity contribution in [1.82, 2.24) is 19.1 Å². The van der Waals surface area contributed by atoms with Crippen LogP contribution < -0.4 is 11.2 Å². The summed E-state index contributed by atoms with van der Waals surface area (Å²) < 4.78 is 8.26. The molecule has 0 saturated carbocycles. The molecule has 20 heavy (non-hydrogen) atoms. The van der Waals surface area contributed by atoms with Crippen molar-refractivity contribution in [3.63, 3.8) is 0 Å². The number of imidazole rings is 1. The number of rotatable bonds is 5. The summed E-state index contributed by atoms with van der Waals surface area (Å²) in [4.78, 5) is 30.1. The maximum atomic E-state index is 12.1. The van der Waals surface area contributed by atoms with Crippen LogP contribution in [0, 0.1) is 0 Å². The molecule has 1 N–H and O–H groups in total. The van der Waals surface area contributed by atoms with Gasteiger partial charge in [-0.3, -0.25) is 14.3 Å². The van der Waals surface area contributed by atoms with E-state index in [0.29, 0.717) is 17.8 Å². The first kappa shape index (κ1) is 14.7. The van der Waals surface area contributed by atoms with Crippen LogP contribution in [0.2, 0.25) is 25.7 Å². The van der Waals surface area contributed by atoms with E-state index in [1.807, 2.05) is 0 Å². The zero-order valence-electron chi connectivity index (χ0n) is 12.3. The Morgan fingerprint density at radius 2 is 2.05 bits per heavy atom. The molecule has 0 amide bonds. The molecule has 0 spiro atoms. The highest BCUT2D eigenvalue weighted by atomic mass is 28.3. The fourth-order valence-electron chi connectivity index (χ4n) is 1.77. The molecule has 8 heteroatoms. The zero-order valence-corrected chi connectivity index (χ0v) is 13.3. The molecule has 0 aliphatic heterocycles. The number of H-pyrrole nitrogens is 1. The molecule has 0 fully saturated rings. The molecular formula is C12H20N4O3Si. The first-order chi connectivity index (χ1) is 9.29. The molecule has 2 aromatic heterocycles. The van der Waals surface area contributed by atoms with E-state index in [-0.39, 0.29) is 12.3 Å². The maximum absolute atomic E-state index is 12.1. The number of nitrogens with one attached hydrogen (secondary N) is 1. The highest BCUT2D eigenvalue weighted by Crippen LogP contribution is 2.09. The van der Waals surface area contributed by atoms with Gasteiger partial charge in [0, 0.05) is 21.7 Å². The number of fused-ring (bicyclic) bond motifs is 1. The Kier molecular flexibility index (Phi) is 3.96. The molecule has 0 radical (unpaired) electrons. The van der Waals surface area contributed by atoms with Crippen LogP contribution in [0.1, 0.15) is 0 Å². The van der Waals surface area contributed by atoms with Gasteiger partial charge in [0.2, 0.25) is 0 Å². The molecule has 2 rings (SSSR count). The molecular weight excluding hydrogens is 276 g/mol. The van der Waals surface area contributed by atoms with Crippen LogP contribution in [0.25, 0.3) is 11.2 Å². The Bertz CT molecular complexity index is 723. The Labute approximate surface area is 117 Å². The van der Waals surface area contributed by atoms with Gasteiger partial charge in [0.05, 0.1) is 6.33 Å². The topological polar surface area (TPSA) is 81.9 Å². The standard InChI is InChI=1S/C12H20N4O3Si/c1-15-11(17)9-10(14-12(15)18)13-7-16(9)8-19-5-6-20(2,3)4/h7H,5-6,8H2,1-4H3,(H,14,18). The van der Waals surface area contributed by atoms with Gasteiger partial charge in [0.15, 0.2) is 11.2 Å². The van der Waals surface area contributed by atoms with Crippen molar-refractivity contribution in [1.29, 1.82) is 0 Å².